The first-order valence-corrected chi connectivity index (χ1v) is 7.53. The summed E-state index contributed by atoms with van der Waals surface area (Å²) in [6, 6.07) is 5.72. The van der Waals surface area contributed by atoms with Gasteiger partial charge in [-0.3, -0.25) is 24.0 Å². The summed E-state index contributed by atoms with van der Waals surface area (Å²) in [5.41, 5.74) is -1.27. The maximum atomic E-state index is 12.6. The number of benzene rings is 1. The molecule has 9 heteroatoms. The molecule has 3 rings (SSSR count). The summed E-state index contributed by atoms with van der Waals surface area (Å²) >= 11 is 0. The van der Waals surface area contributed by atoms with Gasteiger partial charge in [0.15, 0.2) is 0 Å². The van der Waals surface area contributed by atoms with E-state index in [9.17, 15) is 19.7 Å². The Morgan fingerprint density at radius 2 is 2.12 bits per heavy atom. The van der Waals surface area contributed by atoms with E-state index in [0.717, 1.165) is 17.4 Å². The van der Waals surface area contributed by atoms with E-state index in [0.29, 0.717) is 11.3 Å². The second-order valence-corrected chi connectivity index (χ2v) is 5.72. The Hall–Kier alpha value is -3.41. The minimum absolute atomic E-state index is 0.0153. The second kappa shape index (κ2) is 6.24. The smallest absolute Gasteiger partial charge is 0.331 e. The first kappa shape index (κ1) is 16.4. The van der Waals surface area contributed by atoms with Crippen molar-refractivity contribution < 1.29 is 9.66 Å². The molecule has 1 fully saturated rings. The highest BCUT2D eigenvalue weighted by Gasteiger charge is 2.27. The molecule has 1 aromatic carbocycles. The summed E-state index contributed by atoms with van der Waals surface area (Å²) in [7, 11) is 1.39. The third-order valence-electron chi connectivity index (χ3n) is 4.06. The molecular weight excluding hydrogens is 328 g/mol. The maximum Gasteiger partial charge on any atom is 0.331 e. The van der Waals surface area contributed by atoms with Crippen molar-refractivity contribution in [1.29, 1.82) is 5.26 Å². The first-order chi connectivity index (χ1) is 12.0. The van der Waals surface area contributed by atoms with Crippen molar-refractivity contribution in [2.45, 2.75) is 25.4 Å². The van der Waals surface area contributed by atoms with Gasteiger partial charge in [0, 0.05) is 29.9 Å². The van der Waals surface area contributed by atoms with Crippen molar-refractivity contribution >= 4 is 5.69 Å². The van der Waals surface area contributed by atoms with Gasteiger partial charge in [0.1, 0.15) is 17.4 Å². The van der Waals surface area contributed by atoms with E-state index >= 15 is 0 Å². The number of nitro groups is 1. The molecule has 0 spiro atoms. The molecular formula is C16H14N4O5. The van der Waals surface area contributed by atoms with Gasteiger partial charge in [0.2, 0.25) is 0 Å². The predicted octanol–water partition coefficient (Wildman–Crippen LogP) is 1.18. The average molecular weight is 342 g/mol. The van der Waals surface area contributed by atoms with Crippen LogP contribution in [0.5, 0.6) is 5.75 Å². The monoisotopic (exact) mass is 342 g/mol. The van der Waals surface area contributed by atoms with Crippen LogP contribution in [0.25, 0.3) is 0 Å². The number of methoxy groups -OCH3 is 1. The van der Waals surface area contributed by atoms with Crippen molar-refractivity contribution in [2.75, 3.05) is 7.11 Å². The Morgan fingerprint density at radius 1 is 1.40 bits per heavy atom. The van der Waals surface area contributed by atoms with Crippen LogP contribution < -0.4 is 16.0 Å². The van der Waals surface area contributed by atoms with E-state index in [1.165, 1.54) is 36.1 Å². The lowest BCUT2D eigenvalue weighted by molar-refractivity contribution is -0.384. The van der Waals surface area contributed by atoms with E-state index in [1.807, 2.05) is 0 Å². The van der Waals surface area contributed by atoms with Crippen molar-refractivity contribution in [2.24, 2.45) is 0 Å². The normalized spacial score (nSPS) is 13.3. The SMILES string of the molecule is COc1ccc([N+](=O)[O-])cc1Cn1c(=O)c(C#N)cn(C2CC2)c1=O. The minimum Gasteiger partial charge on any atom is -0.496 e. The molecule has 1 heterocycles. The standard InChI is InChI=1S/C16H14N4O5/c1-25-14-5-4-13(20(23)24)6-10(14)8-19-15(21)11(7-17)9-18(16(19)22)12-2-3-12/h4-6,9,12H,2-3,8H2,1H3. The molecule has 0 atom stereocenters. The average Bonchev–Trinajstić information content (AvgIpc) is 3.43. The molecule has 1 aliphatic rings. The van der Waals surface area contributed by atoms with Gasteiger partial charge >= 0.3 is 5.69 Å². The second-order valence-electron chi connectivity index (χ2n) is 5.72. The number of nitro benzene ring substituents is 1. The van der Waals surface area contributed by atoms with Gasteiger partial charge in [-0.15, -0.1) is 0 Å². The molecule has 25 heavy (non-hydrogen) atoms. The van der Waals surface area contributed by atoms with E-state index in [1.54, 1.807) is 6.07 Å². The fourth-order valence-electron chi connectivity index (χ4n) is 2.62. The topological polar surface area (TPSA) is 120 Å². The molecule has 9 nitrogen and oxygen atoms in total. The molecule has 0 saturated heterocycles. The molecule has 0 bridgehead atoms. The van der Waals surface area contributed by atoms with E-state index in [-0.39, 0.29) is 23.8 Å². The zero-order valence-corrected chi connectivity index (χ0v) is 13.3. The molecule has 1 aromatic heterocycles. The van der Waals surface area contributed by atoms with Gasteiger partial charge in [-0.25, -0.2) is 4.79 Å². The minimum atomic E-state index is -0.724. The van der Waals surface area contributed by atoms with Gasteiger partial charge in [-0.2, -0.15) is 5.26 Å². The number of rotatable bonds is 5. The Kier molecular flexibility index (Phi) is 4.10. The van der Waals surface area contributed by atoms with E-state index in [2.05, 4.69) is 0 Å². The van der Waals surface area contributed by atoms with Crippen molar-refractivity contribution in [3.8, 4) is 11.8 Å². The molecule has 0 unspecified atom stereocenters. The van der Waals surface area contributed by atoms with E-state index in [4.69, 9.17) is 10.00 Å². The number of nitriles is 1. The molecule has 128 valence electrons. The number of aromatic nitrogens is 2. The first-order valence-electron chi connectivity index (χ1n) is 7.53. The summed E-state index contributed by atoms with van der Waals surface area (Å²) < 4.78 is 7.46. The Labute approximate surface area is 141 Å². The lowest BCUT2D eigenvalue weighted by Crippen LogP contribution is -2.41. The van der Waals surface area contributed by atoms with Crippen LogP contribution in [0.15, 0.2) is 34.0 Å². The molecule has 2 aromatic rings. The highest BCUT2D eigenvalue weighted by atomic mass is 16.6. The molecule has 1 saturated carbocycles. The van der Waals surface area contributed by atoms with Crippen molar-refractivity contribution in [3.05, 3.63) is 66.5 Å². The molecule has 0 radical (unpaired) electrons. The van der Waals surface area contributed by atoms with Gasteiger partial charge in [-0.05, 0) is 18.9 Å². The molecule has 0 amide bonds. The highest BCUT2D eigenvalue weighted by molar-refractivity contribution is 5.44. The predicted molar refractivity (Wildman–Crippen MR) is 86.7 cm³/mol. The van der Waals surface area contributed by atoms with E-state index < -0.39 is 16.2 Å². The van der Waals surface area contributed by atoms with Crippen molar-refractivity contribution in [3.63, 3.8) is 0 Å². The fraction of sp³-hybridized carbons (Fsp3) is 0.312. The third-order valence-corrected chi connectivity index (χ3v) is 4.06. The van der Waals surface area contributed by atoms with Crippen LogP contribution in [0.1, 0.15) is 30.0 Å². The molecule has 0 N–H and O–H groups in total. The quantitative estimate of drug-likeness (QED) is 0.594. The van der Waals surface area contributed by atoms with Gasteiger partial charge in [0.05, 0.1) is 18.6 Å². The van der Waals surface area contributed by atoms with Gasteiger partial charge in [0.25, 0.3) is 11.2 Å². The summed E-state index contributed by atoms with van der Waals surface area (Å²) in [4.78, 5) is 35.4. The Bertz CT molecular complexity index is 1010. The number of hydrogen-bond donors (Lipinski definition) is 0. The number of non-ortho nitro benzene ring substituents is 1. The lowest BCUT2D eigenvalue weighted by atomic mass is 10.1. The summed E-state index contributed by atoms with van der Waals surface area (Å²) in [5, 5.41) is 20.1. The molecule has 0 aliphatic heterocycles. The van der Waals surface area contributed by atoms with Crippen LogP contribution in [0.2, 0.25) is 0 Å². The highest BCUT2D eigenvalue weighted by Crippen LogP contribution is 2.33. The lowest BCUT2D eigenvalue weighted by Gasteiger charge is -2.12. The van der Waals surface area contributed by atoms with Crippen LogP contribution in [-0.2, 0) is 6.54 Å². The number of ether oxygens (including phenoxy) is 1. The zero-order chi connectivity index (χ0) is 18.1. The van der Waals surface area contributed by atoms with Crippen LogP contribution in [0.4, 0.5) is 5.69 Å². The zero-order valence-electron chi connectivity index (χ0n) is 13.3. The number of nitrogens with zero attached hydrogens (tertiary/aromatic N) is 4. The largest absolute Gasteiger partial charge is 0.496 e. The van der Waals surface area contributed by atoms with Crippen molar-refractivity contribution in [1.82, 2.24) is 9.13 Å². The van der Waals surface area contributed by atoms with Crippen LogP contribution in [0, 0.1) is 21.4 Å². The summed E-state index contributed by atoms with van der Waals surface area (Å²) in [6.45, 7) is -0.218. The Morgan fingerprint density at radius 3 is 2.68 bits per heavy atom. The van der Waals surface area contributed by atoms with Gasteiger partial charge < -0.3 is 4.74 Å². The van der Waals surface area contributed by atoms with Crippen LogP contribution in [0.3, 0.4) is 0 Å². The Balaban J connectivity index is 2.15. The summed E-state index contributed by atoms with van der Waals surface area (Å²) in [5.74, 6) is 0.317. The fourth-order valence-corrected chi connectivity index (χ4v) is 2.62. The maximum absolute atomic E-state index is 12.6. The van der Waals surface area contributed by atoms with Crippen LogP contribution in [-0.4, -0.2) is 21.2 Å². The third kappa shape index (κ3) is 3.01. The van der Waals surface area contributed by atoms with Gasteiger partial charge in [-0.1, -0.05) is 0 Å². The molecule has 1 aliphatic carbocycles. The summed E-state index contributed by atoms with van der Waals surface area (Å²) in [6.07, 6.45) is 2.90. The number of hydrogen-bond acceptors (Lipinski definition) is 6. The van der Waals surface area contributed by atoms with Crippen LogP contribution >= 0.6 is 0 Å².